The molecule has 0 aliphatic carbocycles. The molecule has 3 rings (SSSR count). The molecule has 2 aromatic rings. The van der Waals surface area contributed by atoms with E-state index in [0.29, 0.717) is 6.54 Å². The van der Waals surface area contributed by atoms with Crippen molar-refractivity contribution < 1.29 is 9.47 Å². The molecule has 1 N–H and O–H groups in total. The number of rotatable bonds is 7. The molecule has 1 aromatic heterocycles. The van der Waals surface area contributed by atoms with Crippen molar-refractivity contribution in [2.24, 2.45) is 4.99 Å². The molecule has 0 bridgehead atoms. The molecule has 1 fully saturated rings. The van der Waals surface area contributed by atoms with E-state index < -0.39 is 0 Å². The van der Waals surface area contributed by atoms with Gasteiger partial charge in [-0.05, 0) is 39.7 Å². The van der Waals surface area contributed by atoms with E-state index in [1.807, 2.05) is 6.92 Å². The van der Waals surface area contributed by atoms with Crippen molar-refractivity contribution in [1.29, 1.82) is 0 Å². The smallest absolute Gasteiger partial charge is 0.194 e. The third kappa shape index (κ3) is 6.55. The molecule has 6 nitrogen and oxygen atoms in total. The number of hydrogen-bond donors (Lipinski definition) is 1. The second kappa shape index (κ2) is 12.0. The first-order valence-electron chi connectivity index (χ1n) is 10.6. The van der Waals surface area contributed by atoms with Gasteiger partial charge in [-0.3, -0.25) is 4.99 Å². The fourth-order valence-electron chi connectivity index (χ4n) is 4.01. The van der Waals surface area contributed by atoms with Crippen LogP contribution in [0.2, 0.25) is 0 Å². The summed E-state index contributed by atoms with van der Waals surface area (Å²) in [5, 5.41) is 6.66. The van der Waals surface area contributed by atoms with Gasteiger partial charge in [0.05, 0.1) is 30.9 Å². The van der Waals surface area contributed by atoms with Gasteiger partial charge >= 0.3 is 0 Å². The first-order valence-corrected chi connectivity index (χ1v) is 11.5. The summed E-state index contributed by atoms with van der Waals surface area (Å²) in [4.78, 5) is 11.8. The Balaban J connectivity index is 0.00000341. The molecule has 8 heteroatoms. The lowest BCUT2D eigenvalue weighted by Crippen LogP contribution is -2.42. The van der Waals surface area contributed by atoms with E-state index in [0.717, 1.165) is 61.6 Å². The number of aryl methyl sites for hydroxylation is 2. The highest BCUT2D eigenvalue weighted by Crippen LogP contribution is 2.40. The second-order valence-corrected chi connectivity index (χ2v) is 9.04. The fourth-order valence-corrected chi connectivity index (χ4v) is 4.61. The van der Waals surface area contributed by atoms with Gasteiger partial charge in [0, 0.05) is 43.2 Å². The molecule has 0 radical (unpaired) electrons. The number of aliphatic imine (C=N–C) groups is 1. The number of halogens is 1. The Morgan fingerprint density at radius 1 is 1.32 bits per heavy atom. The Morgan fingerprint density at radius 2 is 2.06 bits per heavy atom. The fraction of sp³-hybridized carbons (Fsp3) is 0.565. The summed E-state index contributed by atoms with van der Waals surface area (Å²) in [5.41, 5.74) is 3.47. The van der Waals surface area contributed by atoms with E-state index in [1.54, 1.807) is 18.4 Å². The molecule has 0 saturated carbocycles. The van der Waals surface area contributed by atoms with E-state index in [9.17, 15) is 0 Å². The van der Waals surface area contributed by atoms with E-state index in [2.05, 4.69) is 59.7 Å². The Kier molecular flexibility index (Phi) is 10.0. The first-order chi connectivity index (χ1) is 14.5. The second-order valence-electron chi connectivity index (χ2n) is 7.98. The molecule has 1 saturated heterocycles. The number of guanidine groups is 1. The van der Waals surface area contributed by atoms with Crippen molar-refractivity contribution in [1.82, 2.24) is 15.2 Å². The lowest BCUT2D eigenvalue weighted by Gasteiger charge is -2.38. The van der Waals surface area contributed by atoms with Crippen LogP contribution in [-0.2, 0) is 16.7 Å². The standard InChI is InChI=1S/C23H34N4O2S.HI/c1-6-24-22(27(4)14-19-15-30-18(3)26-19)25-16-23(9-11-29-12-10-23)20-13-17(2)7-8-21(20)28-5;/h7-8,13,15H,6,9-12,14,16H2,1-5H3,(H,24,25);1H. The summed E-state index contributed by atoms with van der Waals surface area (Å²) in [5.74, 6) is 1.84. The number of aromatic nitrogens is 1. The maximum absolute atomic E-state index is 5.74. The molecule has 1 aromatic carbocycles. The molecule has 1 aliphatic heterocycles. The molecule has 172 valence electrons. The highest BCUT2D eigenvalue weighted by atomic mass is 127. The maximum atomic E-state index is 5.74. The number of thiazole rings is 1. The van der Waals surface area contributed by atoms with Crippen LogP contribution in [0.15, 0.2) is 28.6 Å². The average molecular weight is 559 g/mol. The molecule has 0 unspecified atom stereocenters. The summed E-state index contributed by atoms with van der Waals surface area (Å²) < 4.78 is 11.4. The molecular formula is C23H35IN4O2S. The average Bonchev–Trinajstić information content (AvgIpc) is 3.16. The summed E-state index contributed by atoms with van der Waals surface area (Å²) >= 11 is 1.68. The van der Waals surface area contributed by atoms with E-state index in [4.69, 9.17) is 14.5 Å². The molecule has 0 atom stereocenters. The van der Waals surface area contributed by atoms with Gasteiger partial charge in [-0.15, -0.1) is 35.3 Å². The van der Waals surface area contributed by atoms with Gasteiger partial charge in [0.1, 0.15) is 5.75 Å². The number of nitrogens with zero attached hydrogens (tertiary/aromatic N) is 3. The summed E-state index contributed by atoms with van der Waals surface area (Å²) in [6.07, 6.45) is 1.87. The third-order valence-electron chi connectivity index (χ3n) is 5.67. The Hall–Kier alpha value is -1.39. The van der Waals surface area contributed by atoms with E-state index in [1.165, 1.54) is 11.1 Å². The minimum Gasteiger partial charge on any atom is -0.496 e. The van der Waals surface area contributed by atoms with Gasteiger partial charge in [-0.1, -0.05) is 17.7 Å². The van der Waals surface area contributed by atoms with Gasteiger partial charge in [0.25, 0.3) is 0 Å². The Bertz CT molecular complexity index is 865. The molecular weight excluding hydrogens is 523 g/mol. The van der Waals surface area contributed by atoms with Gasteiger partial charge in [-0.25, -0.2) is 4.98 Å². The van der Waals surface area contributed by atoms with E-state index in [-0.39, 0.29) is 29.4 Å². The SMILES string of the molecule is CCNC(=NCC1(c2cc(C)ccc2OC)CCOCC1)N(C)Cc1csc(C)n1.I. The molecule has 2 heterocycles. The molecule has 0 amide bonds. The van der Waals surface area contributed by atoms with Crippen molar-refractivity contribution in [3.05, 3.63) is 45.4 Å². The van der Waals surface area contributed by atoms with Gasteiger partial charge < -0.3 is 19.7 Å². The number of nitrogens with one attached hydrogen (secondary N) is 1. The number of benzene rings is 1. The van der Waals surface area contributed by atoms with Crippen LogP contribution in [0, 0.1) is 13.8 Å². The Morgan fingerprint density at radius 3 is 2.68 bits per heavy atom. The van der Waals surface area contributed by atoms with Crippen LogP contribution in [0.25, 0.3) is 0 Å². The summed E-state index contributed by atoms with van der Waals surface area (Å²) in [6, 6.07) is 6.44. The van der Waals surface area contributed by atoms with Crippen LogP contribution in [0.4, 0.5) is 0 Å². The van der Waals surface area contributed by atoms with Crippen molar-refractivity contribution >= 4 is 41.3 Å². The van der Waals surface area contributed by atoms with Gasteiger partial charge in [0.15, 0.2) is 5.96 Å². The minimum atomic E-state index is -0.0889. The third-order valence-corrected chi connectivity index (χ3v) is 6.49. The first kappa shape index (κ1) is 25.9. The van der Waals surface area contributed by atoms with E-state index >= 15 is 0 Å². The summed E-state index contributed by atoms with van der Waals surface area (Å²) in [6.45, 7) is 10.0. The van der Waals surface area contributed by atoms with Crippen molar-refractivity contribution in [3.63, 3.8) is 0 Å². The summed E-state index contributed by atoms with van der Waals surface area (Å²) in [7, 11) is 3.82. The zero-order valence-electron chi connectivity index (χ0n) is 19.2. The molecule has 1 aliphatic rings. The van der Waals surface area contributed by atoms with Crippen LogP contribution >= 0.6 is 35.3 Å². The van der Waals surface area contributed by atoms with Crippen LogP contribution in [0.5, 0.6) is 5.75 Å². The van der Waals surface area contributed by atoms with Crippen molar-refractivity contribution in [2.75, 3.05) is 40.5 Å². The van der Waals surface area contributed by atoms with Crippen LogP contribution < -0.4 is 10.1 Å². The van der Waals surface area contributed by atoms with Crippen LogP contribution in [0.1, 0.15) is 41.6 Å². The largest absolute Gasteiger partial charge is 0.496 e. The predicted octanol–water partition coefficient (Wildman–Crippen LogP) is 4.53. The zero-order valence-corrected chi connectivity index (χ0v) is 22.4. The van der Waals surface area contributed by atoms with Gasteiger partial charge in [-0.2, -0.15) is 0 Å². The lowest BCUT2D eigenvalue weighted by molar-refractivity contribution is 0.0522. The topological polar surface area (TPSA) is 59.0 Å². The highest BCUT2D eigenvalue weighted by Gasteiger charge is 2.37. The van der Waals surface area contributed by atoms with Crippen molar-refractivity contribution in [2.45, 2.75) is 45.6 Å². The number of hydrogen-bond acceptors (Lipinski definition) is 5. The van der Waals surface area contributed by atoms with Crippen LogP contribution in [-0.4, -0.2) is 56.3 Å². The maximum Gasteiger partial charge on any atom is 0.194 e. The quantitative estimate of drug-likeness (QED) is 0.308. The van der Waals surface area contributed by atoms with Gasteiger partial charge in [0.2, 0.25) is 0 Å². The number of ether oxygens (including phenoxy) is 2. The van der Waals surface area contributed by atoms with Crippen molar-refractivity contribution in [3.8, 4) is 5.75 Å². The highest BCUT2D eigenvalue weighted by molar-refractivity contribution is 14.0. The monoisotopic (exact) mass is 558 g/mol. The Labute approximate surface area is 207 Å². The predicted molar refractivity (Wildman–Crippen MR) is 139 cm³/mol. The minimum absolute atomic E-state index is 0. The molecule has 31 heavy (non-hydrogen) atoms. The number of methoxy groups -OCH3 is 1. The van der Waals surface area contributed by atoms with Crippen LogP contribution in [0.3, 0.4) is 0 Å². The lowest BCUT2D eigenvalue weighted by atomic mass is 9.73. The molecule has 0 spiro atoms. The normalized spacial score (nSPS) is 15.8. The zero-order chi connectivity index (χ0) is 21.6.